The molecule has 0 unspecified atom stereocenters. The summed E-state index contributed by atoms with van der Waals surface area (Å²) in [6.45, 7) is -0.0300. The molecule has 5 aromatic heterocycles. The predicted octanol–water partition coefficient (Wildman–Crippen LogP) is 3.81. The molecule has 0 radical (unpaired) electrons. The van der Waals surface area contributed by atoms with Gasteiger partial charge in [-0.2, -0.15) is 5.10 Å². The number of halogens is 1. The minimum Gasteiger partial charge on any atom is -0.335 e. The van der Waals surface area contributed by atoms with Gasteiger partial charge in [0.15, 0.2) is 17.1 Å². The predicted molar refractivity (Wildman–Crippen MR) is 137 cm³/mol. The van der Waals surface area contributed by atoms with Crippen LogP contribution in [0.3, 0.4) is 0 Å². The van der Waals surface area contributed by atoms with Crippen LogP contribution >= 0.6 is 0 Å². The third-order valence-electron chi connectivity index (χ3n) is 5.81. The van der Waals surface area contributed by atoms with Crippen LogP contribution in [0.1, 0.15) is 5.56 Å². The van der Waals surface area contributed by atoms with E-state index in [4.69, 9.17) is 0 Å². The zero-order valence-corrected chi connectivity index (χ0v) is 20.2. The number of imidazole rings is 1. The summed E-state index contributed by atoms with van der Waals surface area (Å²) in [6, 6.07) is 13.8. The molecule has 0 saturated carbocycles. The van der Waals surface area contributed by atoms with Crippen LogP contribution in [0.4, 0.5) is 4.39 Å². The molecule has 0 spiro atoms. The van der Waals surface area contributed by atoms with E-state index in [1.165, 1.54) is 12.1 Å². The van der Waals surface area contributed by atoms with Gasteiger partial charge >= 0.3 is 0 Å². The summed E-state index contributed by atoms with van der Waals surface area (Å²) in [5.41, 5.74) is 5.51. The Morgan fingerprint density at radius 3 is 2.68 bits per heavy atom. The molecule has 184 valence electrons. The number of fused-ring (bicyclic) bond motifs is 2. The number of pyridine rings is 3. The third-order valence-corrected chi connectivity index (χ3v) is 6.47. The first-order valence-electron chi connectivity index (χ1n) is 11.2. The first kappa shape index (κ1) is 22.9. The highest BCUT2D eigenvalue weighted by Crippen LogP contribution is 2.32. The molecule has 0 aliphatic rings. The van der Waals surface area contributed by atoms with Crippen molar-refractivity contribution in [1.29, 1.82) is 0 Å². The highest BCUT2D eigenvalue weighted by molar-refractivity contribution is 7.88. The second kappa shape index (κ2) is 8.84. The highest BCUT2D eigenvalue weighted by atomic mass is 32.2. The van der Waals surface area contributed by atoms with E-state index in [1.807, 2.05) is 24.3 Å². The van der Waals surface area contributed by atoms with Crippen LogP contribution in [0.5, 0.6) is 0 Å². The quantitative estimate of drug-likeness (QED) is 0.307. The molecule has 6 aromatic rings. The van der Waals surface area contributed by atoms with E-state index in [0.717, 1.165) is 22.9 Å². The van der Waals surface area contributed by atoms with Gasteiger partial charge in [0.1, 0.15) is 11.5 Å². The molecule has 0 aliphatic heterocycles. The Bertz CT molecular complexity index is 1880. The minimum absolute atomic E-state index is 0.0300. The van der Waals surface area contributed by atoms with Gasteiger partial charge in [-0.25, -0.2) is 32.5 Å². The summed E-state index contributed by atoms with van der Waals surface area (Å²) in [6.07, 6.45) is 6.08. The van der Waals surface area contributed by atoms with Crippen molar-refractivity contribution in [3.8, 4) is 33.9 Å². The summed E-state index contributed by atoms with van der Waals surface area (Å²) >= 11 is 0. The van der Waals surface area contributed by atoms with Crippen LogP contribution in [0.2, 0.25) is 0 Å². The number of rotatable bonds is 6. The van der Waals surface area contributed by atoms with Crippen molar-refractivity contribution < 1.29 is 12.8 Å². The summed E-state index contributed by atoms with van der Waals surface area (Å²) < 4.78 is 39.8. The van der Waals surface area contributed by atoms with E-state index in [2.05, 4.69) is 39.8 Å². The average molecular weight is 515 g/mol. The monoisotopic (exact) mass is 514 g/mol. The molecule has 1 aromatic carbocycles. The van der Waals surface area contributed by atoms with E-state index in [1.54, 1.807) is 30.7 Å². The Morgan fingerprint density at radius 1 is 0.973 bits per heavy atom. The fraction of sp³-hybridized carbons (Fsp3) is 0.0800. The van der Waals surface area contributed by atoms with E-state index in [-0.39, 0.29) is 6.54 Å². The Morgan fingerprint density at radius 2 is 1.86 bits per heavy atom. The Balaban J connectivity index is 1.44. The highest BCUT2D eigenvalue weighted by Gasteiger charge is 2.17. The molecular weight excluding hydrogens is 495 g/mol. The molecule has 5 heterocycles. The second-order valence-electron chi connectivity index (χ2n) is 8.49. The summed E-state index contributed by atoms with van der Waals surface area (Å²) in [5, 5.41) is 8.05. The lowest BCUT2D eigenvalue weighted by molar-refractivity contribution is 0.586. The lowest BCUT2D eigenvalue weighted by Crippen LogP contribution is -2.21. The lowest BCUT2D eigenvalue weighted by Gasteiger charge is -2.08. The average Bonchev–Trinajstić information content (AvgIpc) is 3.51. The number of nitrogens with one attached hydrogen (secondary N) is 3. The SMILES string of the molecule is CS(=O)(=O)NCc1cc(F)cc(-c2ccnc3nc(-c4[nH]nc5ncc(-c6ccccn6)cc45)[nH]c23)c1. The van der Waals surface area contributed by atoms with Gasteiger partial charge in [0.25, 0.3) is 0 Å². The largest absolute Gasteiger partial charge is 0.335 e. The van der Waals surface area contributed by atoms with Crippen LogP contribution < -0.4 is 4.72 Å². The van der Waals surface area contributed by atoms with Crippen molar-refractivity contribution in [1.82, 2.24) is 39.8 Å². The molecule has 0 bridgehead atoms. The van der Waals surface area contributed by atoms with Crippen LogP contribution in [0.15, 0.2) is 67.1 Å². The number of sulfonamides is 1. The molecular formula is C25H19FN8O2S. The fourth-order valence-electron chi connectivity index (χ4n) is 4.15. The van der Waals surface area contributed by atoms with Gasteiger partial charge in [0.05, 0.1) is 22.9 Å². The van der Waals surface area contributed by atoms with E-state index in [0.29, 0.717) is 45.0 Å². The molecule has 0 atom stereocenters. The van der Waals surface area contributed by atoms with E-state index in [9.17, 15) is 12.8 Å². The normalized spacial score (nSPS) is 11.9. The molecule has 0 amide bonds. The topological polar surface area (TPSA) is 142 Å². The molecule has 12 heteroatoms. The number of hydrogen-bond acceptors (Lipinski definition) is 7. The van der Waals surface area contributed by atoms with Crippen LogP contribution in [0.25, 0.3) is 56.1 Å². The number of nitrogens with zero attached hydrogens (tertiary/aromatic N) is 5. The van der Waals surface area contributed by atoms with E-state index < -0.39 is 15.8 Å². The van der Waals surface area contributed by atoms with Crippen LogP contribution in [0, 0.1) is 5.82 Å². The summed E-state index contributed by atoms with van der Waals surface area (Å²) in [7, 11) is -3.43. The van der Waals surface area contributed by atoms with Gasteiger partial charge in [-0.15, -0.1) is 0 Å². The summed E-state index contributed by atoms with van der Waals surface area (Å²) in [5.74, 6) is 0.00739. The van der Waals surface area contributed by atoms with Crippen molar-refractivity contribution >= 4 is 32.2 Å². The van der Waals surface area contributed by atoms with Gasteiger partial charge in [0.2, 0.25) is 10.0 Å². The van der Waals surface area contributed by atoms with Crippen molar-refractivity contribution in [2.24, 2.45) is 0 Å². The fourth-order valence-corrected chi connectivity index (χ4v) is 4.58. The van der Waals surface area contributed by atoms with Crippen LogP contribution in [-0.4, -0.2) is 49.8 Å². The number of H-pyrrole nitrogens is 2. The van der Waals surface area contributed by atoms with Gasteiger partial charge in [-0.1, -0.05) is 6.07 Å². The van der Waals surface area contributed by atoms with Crippen molar-refractivity contribution in [3.63, 3.8) is 0 Å². The minimum atomic E-state index is -3.43. The first-order valence-corrected chi connectivity index (χ1v) is 13.1. The van der Waals surface area contributed by atoms with E-state index >= 15 is 0 Å². The number of aromatic amines is 2. The maximum absolute atomic E-state index is 14.5. The molecule has 0 saturated heterocycles. The zero-order chi connectivity index (χ0) is 25.6. The molecule has 37 heavy (non-hydrogen) atoms. The number of aromatic nitrogens is 7. The Hall–Kier alpha value is -4.55. The maximum Gasteiger partial charge on any atom is 0.209 e. The summed E-state index contributed by atoms with van der Waals surface area (Å²) in [4.78, 5) is 21.1. The first-order chi connectivity index (χ1) is 17.8. The third kappa shape index (κ3) is 4.55. The van der Waals surface area contributed by atoms with Gasteiger partial charge < -0.3 is 4.98 Å². The van der Waals surface area contributed by atoms with Gasteiger partial charge in [0, 0.05) is 36.3 Å². The second-order valence-corrected chi connectivity index (χ2v) is 10.3. The van der Waals surface area contributed by atoms with Gasteiger partial charge in [-0.3, -0.25) is 10.1 Å². The molecule has 3 N–H and O–H groups in total. The molecule has 0 fully saturated rings. The van der Waals surface area contributed by atoms with Crippen molar-refractivity contribution in [3.05, 3.63) is 78.5 Å². The van der Waals surface area contributed by atoms with Crippen LogP contribution in [-0.2, 0) is 16.6 Å². The standard InChI is InChI=1S/C25H19FN8O2S/c1-37(35,36)30-12-14-8-15(10-17(26)9-14)18-5-7-28-24-21(18)31-25(32-24)22-19-11-16(13-29-23(19)34-33-22)20-4-2-3-6-27-20/h2-11,13,30H,12H2,1H3,(H,28,31,32)(H,29,33,34). The van der Waals surface area contributed by atoms with Crippen molar-refractivity contribution in [2.75, 3.05) is 6.26 Å². The molecule has 0 aliphatic carbocycles. The van der Waals surface area contributed by atoms with Crippen molar-refractivity contribution in [2.45, 2.75) is 6.54 Å². The Kier molecular flexibility index (Phi) is 5.46. The maximum atomic E-state index is 14.5. The molecule has 10 nitrogen and oxygen atoms in total. The number of hydrogen-bond donors (Lipinski definition) is 3. The number of benzene rings is 1. The Labute approximate surface area is 210 Å². The molecule has 6 rings (SSSR count). The van der Waals surface area contributed by atoms with Gasteiger partial charge in [-0.05, 0) is 53.6 Å². The smallest absolute Gasteiger partial charge is 0.209 e. The lowest BCUT2D eigenvalue weighted by atomic mass is 10.0. The zero-order valence-electron chi connectivity index (χ0n) is 19.4.